The van der Waals surface area contributed by atoms with E-state index < -0.39 is 0 Å². The molecule has 0 aliphatic heterocycles. The number of carbonyl (C=O) groups excluding carboxylic acids is 1. The maximum Gasteiger partial charge on any atom is 0.272 e. The van der Waals surface area contributed by atoms with Crippen molar-refractivity contribution < 1.29 is 9.53 Å². The summed E-state index contributed by atoms with van der Waals surface area (Å²) in [6, 6.07) is 7.68. The van der Waals surface area contributed by atoms with Gasteiger partial charge in [-0.3, -0.25) is 9.48 Å². The molecular formula is C14H20N4O2. The van der Waals surface area contributed by atoms with E-state index in [1.165, 1.54) is 0 Å². The Balaban J connectivity index is 1.91. The zero-order valence-corrected chi connectivity index (χ0v) is 11.6. The van der Waals surface area contributed by atoms with Crippen molar-refractivity contribution >= 4 is 16.8 Å². The Morgan fingerprint density at radius 1 is 1.40 bits per heavy atom. The van der Waals surface area contributed by atoms with E-state index in [9.17, 15) is 4.79 Å². The number of nitrogens with zero attached hydrogens (tertiary/aromatic N) is 2. The lowest BCUT2D eigenvalue weighted by molar-refractivity contribution is 0.0939. The molecule has 0 fully saturated rings. The number of aryl methyl sites for hydroxylation is 1. The molecule has 2 rings (SSSR count). The monoisotopic (exact) mass is 276 g/mol. The van der Waals surface area contributed by atoms with Crippen molar-refractivity contribution in [2.45, 2.75) is 6.42 Å². The molecule has 0 saturated heterocycles. The molecule has 1 heterocycles. The molecular weight excluding hydrogens is 256 g/mol. The molecule has 2 aromatic rings. The maximum absolute atomic E-state index is 12.1. The zero-order valence-electron chi connectivity index (χ0n) is 11.6. The molecule has 6 heteroatoms. The van der Waals surface area contributed by atoms with Crippen LogP contribution >= 0.6 is 0 Å². The standard InChI is InChI=1S/C14H20N4O2/c1-18-12-6-3-2-5-11(12)13(17-18)14(19)16-8-4-9-20-10-7-15/h2-3,5-6H,4,7-10,15H2,1H3,(H,16,19). The predicted octanol–water partition coefficient (Wildman–Crippen LogP) is 0.669. The van der Waals surface area contributed by atoms with Crippen LogP contribution in [0.1, 0.15) is 16.9 Å². The number of hydrogen-bond acceptors (Lipinski definition) is 4. The van der Waals surface area contributed by atoms with Crippen molar-refractivity contribution in [2.75, 3.05) is 26.3 Å². The van der Waals surface area contributed by atoms with Crippen molar-refractivity contribution in [3.8, 4) is 0 Å². The second kappa shape index (κ2) is 7.02. The van der Waals surface area contributed by atoms with Gasteiger partial charge in [0, 0.05) is 32.1 Å². The summed E-state index contributed by atoms with van der Waals surface area (Å²) in [6.45, 7) is 2.24. The molecule has 0 unspecified atom stereocenters. The summed E-state index contributed by atoms with van der Waals surface area (Å²) in [4.78, 5) is 12.1. The third-order valence-corrected chi connectivity index (χ3v) is 2.99. The first-order valence-corrected chi connectivity index (χ1v) is 6.72. The number of nitrogens with one attached hydrogen (secondary N) is 1. The Bertz CT molecular complexity index is 580. The van der Waals surface area contributed by atoms with Gasteiger partial charge in [-0.15, -0.1) is 0 Å². The quantitative estimate of drug-likeness (QED) is 0.728. The van der Waals surface area contributed by atoms with E-state index in [4.69, 9.17) is 10.5 Å². The van der Waals surface area contributed by atoms with E-state index in [-0.39, 0.29) is 5.91 Å². The third kappa shape index (κ3) is 3.34. The van der Waals surface area contributed by atoms with Gasteiger partial charge in [0.05, 0.1) is 12.1 Å². The molecule has 1 aromatic carbocycles. The number of carbonyl (C=O) groups is 1. The second-order valence-electron chi connectivity index (χ2n) is 4.50. The van der Waals surface area contributed by atoms with Gasteiger partial charge in [0.15, 0.2) is 5.69 Å². The van der Waals surface area contributed by atoms with Crippen LogP contribution in [0, 0.1) is 0 Å². The van der Waals surface area contributed by atoms with Gasteiger partial charge < -0.3 is 15.8 Å². The van der Waals surface area contributed by atoms with Crippen molar-refractivity contribution in [3.05, 3.63) is 30.0 Å². The molecule has 1 amide bonds. The lowest BCUT2D eigenvalue weighted by Gasteiger charge is -2.04. The number of ether oxygens (including phenoxy) is 1. The largest absolute Gasteiger partial charge is 0.380 e. The molecule has 0 atom stereocenters. The van der Waals surface area contributed by atoms with Gasteiger partial charge in [0.1, 0.15) is 0 Å². The topological polar surface area (TPSA) is 82.2 Å². The van der Waals surface area contributed by atoms with E-state index in [1.54, 1.807) is 4.68 Å². The average Bonchev–Trinajstić information content (AvgIpc) is 2.80. The summed E-state index contributed by atoms with van der Waals surface area (Å²) in [5.74, 6) is -0.152. The van der Waals surface area contributed by atoms with Crippen molar-refractivity contribution in [2.24, 2.45) is 12.8 Å². The summed E-state index contributed by atoms with van der Waals surface area (Å²) >= 11 is 0. The first kappa shape index (κ1) is 14.5. The Morgan fingerprint density at radius 2 is 2.20 bits per heavy atom. The Hall–Kier alpha value is -1.92. The Kier molecular flexibility index (Phi) is 5.09. The first-order chi connectivity index (χ1) is 9.74. The molecule has 20 heavy (non-hydrogen) atoms. The molecule has 0 radical (unpaired) electrons. The summed E-state index contributed by atoms with van der Waals surface area (Å²) in [7, 11) is 1.83. The summed E-state index contributed by atoms with van der Waals surface area (Å²) in [6.07, 6.45) is 0.760. The van der Waals surface area contributed by atoms with Crippen LogP contribution in [-0.4, -0.2) is 42.0 Å². The predicted molar refractivity (Wildman–Crippen MR) is 77.5 cm³/mol. The molecule has 108 valence electrons. The highest BCUT2D eigenvalue weighted by molar-refractivity contribution is 6.04. The van der Waals surface area contributed by atoms with Crippen molar-refractivity contribution in [1.82, 2.24) is 15.1 Å². The smallest absolute Gasteiger partial charge is 0.272 e. The lowest BCUT2D eigenvalue weighted by Crippen LogP contribution is -2.26. The van der Waals surface area contributed by atoms with Crippen LogP contribution in [0.3, 0.4) is 0 Å². The third-order valence-electron chi connectivity index (χ3n) is 2.99. The van der Waals surface area contributed by atoms with Crippen LogP contribution in [0.25, 0.3) is 10.9 Å². The molecule has 0 aliphatic rings. The number of benzene rings is 1. The normalized spacial score (nSPS) is 10.9. The van der Waals surface area contributed by atoms with Gasteiger partial charge in [-0.2, -0.15) is 5.10 Å². The molecule has 0 aliphatic carbocycles. The van der Waals surface area contributed by atoms with Crippen LogP contribution in [0.4, 0.5) is 0 Å². The minimum absolute atomic E-state index is 0.152. The number of hydrogen-bond donors (Lipinski definition) is 2. The fourth-order valence-electron chi connectivity index (χ4n) is 2.03. The summed E-state index contributed by atoms with van der Waals surface area (Å²) in [5.41, 5.74) is 6.73. The molecule has 3 N–H and O–H groups in total. The fourth-order valence-corrected chi connectivity index (χ4v) is 2.03. The maximum atomic E-state index is 12.1. The van der Waals surface area contributed by atoms with E-state index in [1.807, 2.05) is 31.3 Å². The molecule has 0 spiro atoms. The zero-order chi connectivity index (χ0) is 14.4. The minimum atomic E-state index is -0.152. The van der Waals surface area contributed by atoms with Crippen LogP contribution in [0.5, 0.6) is 0 Å². The van der Waals surface area contributed by atoms with E-state index in [2.05, 4.69) is 10.4 Å². The van der Waals surface area contributed by atoms with Crippen molar-refractivity contribution in [1.29, 1.82) is 0 Å². The number of amides is 1. The van der Waals surface area contributed by atoms with Crippen LogP contribution in [-0.2, 0) is 11.8 Å². The highest BCUT2D eigenvalue weighted by Gasteiger charge is 2.14. The van der Waals surface area contributed by atoms with Crippen LogP contribution in [0.2, 0.25) is 0 Å². The first-order valence-electron chi connectivity index (χ1n) is 6.72. The highest BCUT2D eigenvalue weighted by Crippen LogP contribution is 2.16. The Morgan fingerprint density at radius 3 is 3.00 bits per heavy atom. The molecule has 0 saturated carbocycles. The molecule has 6 nitrogen and oxygen atoms in total. The highest BCUT2D eigenvalue weighted by atomic mass is 16.5. The van der Waals surface area contributed by atoms with Gasteiger partial charge in [-0.1, -0.05) is 18.2 Å². The van der Waals surface area contributed by atoms with Gasteiger partial charge in [0.2, 0.25) is 0 Å². The number of rotatable bonds is 7. The Labute approximate surface area is 117 Å². The number of aromatic nitrogens is 2. The number of fused-ring (bicyclic) bond motifs is 1. The lowest BCUT2D eigenvalue weighted by atomic mass is 10.2. The van der Waals surface area contributed by atoms with Gasteiger partial charge >= 0.3 is 0 Å². The summed E-state index contributed by atoms with van der Waals surface area (Å²) in [5, 5.41) is 8.00. The number of para-hydroxylation sites is 1. The van der Waals surface area contributed by atoms with Gasteiger partial charge in [0.25, 0.3) is 5.91 Å². The number of nitrogens with two attached hydrogens (primary N) is 1. The van der Waals surface area contributed by atoms with Crippen LogP contribution in [0.15, 0.2) is 24.3 Å². The average molecular weight is 276 g/mol. The van der Waals surface area contributed by atoms with E-state index >= 15 is 0 Å². The van der Waals surface area contributed by atoms with Gasteiger partial charge in [-0.25, -0.2) is 0 Å². The molecule has 1 aromatic heterocycles. The van der Waals surface area contributed by atoms with Gasteiger partial charge in [-0.05, 0) is 12.5 Å². The molecule has 0 bridgehead atoms. The van der Waals surface area contributed by atoms with E-state index in [0.29, 0.717) is 32.0 Å². The minimum Gasteiger partial charge on any atom is -0.380 e. The fraction of sp³-hybridized carbons (Fsp3) is 0.429. The van der Waals surface area contributed by atoms with E-state index in [0.717, 1.165) is 17.3 Å². The summed E-state index contributed by atoms with van der Waals surface area (Å²) < 4.78 is 6.97. The van der Waals surface area contributed by atoms with Crippen LogP contribution < -0.4 is 11.1 Å². The van der Waals surface area contributed by atoms with Crippen molar-refractivity contribution in [3.63, 3.8) is 0 Å². The second-order valence-corrected chi connectivity index (χ2v) is 4.50. The SMILES string of the molecule is Cn1nc(C(=O)NCCCOCCN)c2ccccc21.